The molecule has 0 saturated carbocycles. The van der Waals surface area contributed by atoms with Crippen molar-refractivity contribution in [3.63, 3.8) is 0 Å². The van der Waals surface area contributed by atoms with Gasteiger partial charge in [0.25, 0.3) is 5.91 Å². The van der Waals surface area contributed by atoms with Gasteiger partial charge >= 0.3 is 0 Å². The molecule has 0 aliphatic carbocycles. The third-order valence-corrected chi connectivity index (χ3v) is 6.46. The summed E-state index contributed by atoms with van der Waals surface area (Å²) in [5, 5.41) is 2.97. The monoisotopic (exact) mass is 382 g/mol. The van der Waals surface area contributed by atoms with Crippen molar-refractivity contribution in [3.8, 4) is 0 Å². The van der Waals surface area contributed by atoms with Crippen LogP contribution in [-0.4, -0.2) is 56.9 Å². The summed E-state index contributed by atoms with van der Waals surface area (Å²) in [5.41, 5.74) is 0.878. The highest BCUT2D eigenvalue weighted by atomic mass is 32.2. The van der Waals surface area contributed by atoms with Crippen molar-refractivity contribution in [2.45, 2.75) is 51.0 Å². The molecule has 1 aromatic rings. The van der Waals surface area contributed by atoms with Crippen LogP contribution in [0.2, 0.25) is 0 Å². The number of hydrogen-bond acceptors (Lipinski definition) is 3. The molecular formula is C19H32N3O3S+. The molecule has 2 rings (SSSR count). The maximum atomic E-state index is 12.9. The van der Waals surface area contributed by atoms with Crippen molar-refractivity contribution in [2.24, 2.45) is 0 Å². The van der Waals surface area contributed by atoms with Gasteiger partial charge in [-0.15, -0.1) is 0 Å². The minimum absolute atomic E-state index is 0.0129. The quantitative estimate of drug-likeness (QED) is 0.777. The van der Waals surface area contributed by atoms with E-state index in [-0.39, 0.29) is 11.4 Å². The Kier molecular flexibility index (Phi) is 6.82. The van der Waals surface area contributed by atoms with E-state index in [1.807, 2.05) is 39.8 Å². The number of nitrogens with zero attached hydrogens (tertiary/aromatic N) is 1. The fraction of sp³-hybridized carbons (Fsp3) is 0.632. The van der Waals surface area contributed by atoms with E-state index in [1.165, 1.54) is 0 Å². The van der Waals surface area contributed by atoms with Gasteiger partial charge in [0.05, 0.1) is 24.5 Å². The van der Waals surface area contributed by atoms with Gasteiger partial charge in [-0.3, -0.25) is 4.79 Å². The highest BCUT2D eigenvalue weighted by molar-refractivity contribution is 7.89. The maximum absolute atomic E-state index is 12.9. The van der Waals surface area contributed by atoms with Gasteiger partial charge in [0.15, 0.2) is 6.54 Å². The molecule has 1 heterocycles. The molecule has 1 aliphatic rings. The zero-order valence-electron chi connectivity index (χ0n) is 16.3. The fourth-order valence-corrected chi connectivity index (χ4v) is 4.66. The number of amides is 1. The predicted octanol–water partition coefficient (Wildman–Crippen LogP) is 0.443. The summed E-state index contributed by atoms with van der Waals surface area (Å²) >= 11 is 0. The van der Waals surface area contributed by atoms with Crippen LogP contribution in [0.15, 0.2) is 29.2 Å². The van der Waals surface area contributed by atoms with E-state index >= 15 is 0 Å². The molecule has 1 saturated heterocycles. The SMILES string of the molecule is CCc1ccc(S(=O)(=O)N2CCC[NH+](CC(=O)NC(C)(C)C)CC2)cc1. The molecule has 1 aromatic carbocycles. The van der Waals surface area contributed by atoms with Gasteiger partial charge in [0, 0.05) is 18.5 Å². The Labute approximate surface area is 157 Å². The van der Waals surface area contributed by atoms with E-state index in [1.54, 1.807) is 16.4 Å². The van der Waals surface area contributed by atoms with Gasteiger partial charge in [-0.05, 0) is 44.9 Å². The van der Waals surface area contributed by atoms with E-state index in [0.29, 0.717) is 31.1 Å². The Balaban J connectivity index is 1.99. The van der Waals surface area contributed by atoms with Crippen molar-refractivity contribution >= 4 is 15.9 Å². The lowest BCUT2D eigenvalue weighted by Gasteiger charge is -2.23. The summed E-state index contributed by atoms with van der Waals surface area (Å²) < 4.78 is 27.3. The fourth-order valence-electron chi connectivity index (χ4n) is 3.18. The smallest absolute Gasteiger partial charge is 0.275 e. The van der Waals surface area contributed by atoms with Crippen molar-refractivity contribution in [3.05, 3.63) is 29.8 Å². The highest BCUT2D eigenvalue weighted by Crippen LogP contribution is 2.17. The summed E-state index contributed by atoms with van der Waals surface area (Å²) in [7, 11) is -3.47. The van der Waals surface area contributed by atoms with E-state index in [0.717, 1.165) is 29.8 Å². The van der Waals surface area contributed by atoms with Crippen LogP contribution in [0, 0.1) is 0 Å². The predicted molar refractivity (Wildman–Crippen MR) is 103 cm³/mol. The van der Waals surface area contributed by atoms with E-state index in [2.05, 4.69) is 5.32 Å². The topological polar surface area (TPSA) is 70.9 Å². The molecular weight excluding hydrogens is 350 g/mol. The largest absolute Gasteiger partial charge is 0.347 e. The van der Waals surface area contributed by atoms with Crippen LogP contribution in [0.3, 0.4) is 0 Å². The molecule has 0 radical (unpaired) electrons. The summed E-state index contributed by atoms with van der Waals surface area (Å²) in [5.74, 6) is 0.0129. The zero-order chi connectivity index (χ0) is 19.4. The molecule has 2 N–H and O–H groups in total. The molecule has 7 heteroatoms. The number of quaternary nitrogens is 1. The zero-order valence-corrected chi connectivity index (χ0v) is 17.2. The number of hydrogen-bond donors (Lipinski definition) is 2. The number of aryl methyl sites for hydroxylation is 1. The second kappa shape index (κ2) is 8.50. The van der Waals surface area contributed by atoms with E-state index in [4.69, 9.17) is 0 Å². The van der Waals surface area contributed by atoms with Crippen LogP contribution in [0.1, 0.15) is 39.7 Å². The number of rotatable bonds is 5. The maximum Gasteiger partial charge on any atom is 0.275 e. The number of sulfonamides is 1. The van der Waals surface area contributed by atoms with Crippen LogP contribution in [0.4, 0.5) is 0 Å². The molecule has 6 nitrogen and oxygen atoms in total. The van der Waals surface area contributed by atoms with Crippen LogP contribution in [0.25, 0.3) is 0 Å². The van der Waals surface area contributed by atoms with Gasteiger partial charge in [0.1, 0.15) is 0 Å². The second-order valence-corrected chi connectivity index (χ2v) is 9.92. The average Bonchev–Trinajstić information content (AvgIpc) is 2.79. The molecule has 146 valence electrons. The lowest BCUT2D eigenvalue weighted by atomic mass is 10.1. The second-order valence-electron chi connectivity index (χ2n) is 7.98. The first kappa shape index (κ1) is 20.9. The van der Waals surface area contributed by atoms with Crippen molar-refractivity contribution in [1.29, 1.82) is 0 Å². The minimum Gasteiger partial charge on any atom is -0.347 e. The van der Waals surface area contributed by atoms with Crippen LogP contribution in [-0.2, 0) is 21.2 Å². The third kappa shape index (κ3) is 5.79. The molecule has 0 bridgehead atoms. The standard InChI is InChI=1S/C19H31N3O3S/c1-5-16-7-9-17(10-8-16)26(24,25)22-12-6-11-21(13-14-22)15-18(23)20-19(2,3)4/h7-10H,5-6,11-15H2,1-4H3,(H,20,23)/p+1. The third-order valence-electron chi connectivity index (χ3n) is 4.55. The molecule has 1 amide bonds. The Morgan fingerprint density at radius 1 is 1.15 bits per heavy atom. The van der Waals surface area contributed by atoms with Crippen LogP contribution >= 0.6 is 0 Å². The summed E-state index contributed by atoms with van der Waals surface area (Å²) in [6, 6.07) is 7.14. The minimum atomic E-state index is -3.47. The highest BCUT2D eigenvalue weighted by Gasteiger charge is 2.29. The number of benzene rings is 1. The molecule has 0 spiro atoms. The first-order valence-corrected chi connectivity index (χ1v) is 10.8. The van der Waals surface area contributed by atoms with Crippen molar-refractivity contribution in [1.82, 2.24) is 9.62 Å². The molecule has 1 unspecified atom stereocenters. The van der Waals surface area contributed by atoms with Gasteiger partial charge in [0.2, 0.25) is 10.0 Å². The summed E-state index contributed by atoms with van der Waals surface area (Å²) in [6.07, 6.45) is 1.64. The lowest BCUT2D eigenvalue weighted by Crippen LogP contribution is -3.13. The molecule has 1 fully saturated rings. The Morgan fingerprint density at radius 2 is 1.81 bits per heavy atom. The van der Waals surface area contributed by atoms with Gasteiger partial charge < -0.3 is 10.2 Å². The van der Waals surface area contributed by atoms with Gasteiger partial charge in [-0.25, -0.2) is 8.42 Å². The molecule has 26 heavy (non-hydrogen) atoms. The molecule has 0 aromatic heterocycles. The number of carbonyl (C=O) groups is 1. The van der Waals surface area contributed by atoms with Crippen LogP contribution in [0.5, 0.6) is 0 Å². The van der Waals surface area contributed by atoms with E-state index in [9.17, 15) is 13.2 Å². The van der Waals surface area contributed by atoms with Gasteiger partial charge in [-0.1, -0.05) is 19.1 Å². The Hall–Kier alpha value is -1.44. The molecule has 1 aliphatic heterocycles. The summed E-state index contributed by atoms with van der Waals surface area (Å²) in [6.45, 7) is 10.7. The lowest BCUT2D eigenvalue weighted by molar-refractivity contribution is -0.889. The molecule has 1 atom stereocenters. The van der Waals surface area contributed by atoms with Gasteiger partial charge in [-0.2, -0.15) is 4.31 Å². The first-order chi connectivity index (χ1) is 12.1. The first-order valence-electron chi connectivity index (χ1n) is 9.35. The Bertz CT molecular complexity index is 709. The average molecular weight is 383 g/mol. The number of nitrogens with one attached hydrogen (secondary N) is 2. The number of carbonyl (C=O) groups excluding carboxylic acids is 1. The van der Waals surface area contributed by atoms with E-state index < -0.39 is 10.0 Å². The van der Waals surface area contributed by atoms with Crippen molar-refractivity contribution in [2.75, 3.05) is 32.7 Å². The Morgan fingerprint density at radius 3 is 2.38 bits per heavy atom. The summed E-state index contributed by atoms with van der Waals surface area (Å²) in [4.78, 5) is 13.6. The van der Waals surface area contributed by atoms with Crippen LogP contribution < -0.4 is 10.2 Å². The normalized spacial score (nSPS) is 19.8. The van der Waals surface area contributed by atoms with Crippen molar-refractivity contribution < 1.29 is 18.1 Å².